The molecule has 0 fully saturated rings. The summed E-state index contributed by atoms with van der Waals surface area (Å²) in [7, 11) is 0. The van der Waals surface area contributed by atoms with E-state index in [4.69, 9.17) is 9.47 Å². The quantitative estimate of drug-likeness (QED) is 0.172. The lowest BCUT2D eigenvalue weighted by Gasteiger charge is -2.37. The van der Waals surface area contributed by atoms with Crippen LogP contribution in [-0.2, 0) is 29.9 Å². The summed E-state index contributed by atoms with van der Waals surface area (Å²) in [5.74, 6) is -0.903. The number of esters is 2. The summed E-state index contributed by atoms with van der Waals surface area (Å²) in [6.07, 6.45) is 3.72. The Morgan fingerprint density at radius 1 is 0.525 bits per heavy atom. The van der Waals surface area contributed by atoms with Crippen molar-refractivity contribution < 1.29 is 19.1 Å². The van der Waals surface area contributed by atoms with Crippen molar-refractivity contribution in [1.82, 2.24) is 0 Å². The largest absolute Gasteiger partial charge is 0.461 e. The molecule has 4 aromatic rings. The number of hydrogen-bond donors (Lipinski definition) is 0. The Kier molecular flexibility index (Phi) is 6.47. The van der Waals surface area contributed by atoms with Crippen LogP contribution in [0.1, 0.15) is 35.1 Å². The first-order valence-corrected chi connectivity index (χ1v) is 13.5. The van der Waals surface area contributed by atoms with Gasteiger partial charge in [0.25, 0.3) is 0 Å². The number of rotatable bonds is 9. The maximum Gasteiger partial charge on any atom is 0.330 e. The summed E-state index contributed by atoms with van der Waals surface area (Å²) in [6, 6.07) is 33.4. The van der Waals surface area contributed by atoms with Crippen LogP contribution in [0, 0.1) is 0 Å². The normalized spacial score (nSPS) is 14.7. The highest BCUT2D eigenvalue weighted by molar-refractivity contribution is 5.85. The van der Waals surface area contributed by atoms with Crippen molar-refractivity contribution in [3.63, 3.8) is 0 Å². The molecule has 2 aliphatic rings. The van der Waals surface area contributed by atoms with E-state index in [0.717, 1.165) is 44.5 Å². The Hall–Kier alpha value is -4.70. The minimum Gasteiger partial charge on any atom is -0.461 e. The number of ether oxygens (including phenoxy) is 2. The lowest BCUT2D eigenvalue weighted by atomic mass is 9.67. The lowest BCUT2D eigenvalue weighted by Crippen LogP contribution is -2.38. The molecule has 0 amide bonds. The van der Waals surface area contributed by atoms with Gasteiger partial charge in [0.1, 0.15) is 13.2 Å². The molecule has 4 nitrogen and oxygen atoms in total. The molecule has 4 heteroatoms. The Morgan fingerprint density at radius 2 is 0.800 bits per heavy atom. The summed E-state index contributed by atoms with van der Waals surface area (Å²) in [6.45, 7) is 7.57. The molecule has 0 atom stereocenters. The van der Waals surface area contributed by atoms with E-state index in [1.54, 1.807) is 0 Å². The van der Waals surface area contributed by atoms with Gasteiger partial charge < -0.3 is 9.47 Å². The first-order chi connectivity index (χ1) is 19.5. The van der Waals surface area contributed by atoms with E-state index in [1.165, 1.54) is 12.2 Å². The first kappa shape index (κ1) is 25.6. The highest BCUT2D eigenvalue weighted by Gasteiger charge is 2.49. The zero-order chi connectivity index (χ0) is 27.7. The highest BCUT2D eigenvalue weighted by Crippen LogP contribution is 2.56. The third-order valence-electron chi connectivity index (χ3n) is 8.58. The molecule has 40 heavy (non-hydrogen) atoms. The second-order valence-corrected chi connectivity index (χ2v) is 10.5. The minimum atomic E-state index is -0.590. The summed E-state index contributed by atoms with van der Waals surface area (Å²) in [5, 5.41) is 0. The van der Waals surface area contributed by atoms with Crippen LogP contribution in [0.15, 0.2) is 122 Å². The molecule has 0 N–H and O–H groups in total. The van der Waals surface area contributed by atoms with E-state index in [2.05, 4.69) is 61.7 Å². The zero-order valence-corrected chi connectivity index (χ0v) is 22.3. The predicted molar refractivity (Wildman–Crippen MR) is 157 cm³/mol. The van der Waals surface area contributed by atoms with E-state index in [-0.39, 0.29) is 13.2 Å². The summed E-state index contributed by atoms with van der Waals surface area (Å²) >= 11 is 0. The smallest absolute Gasteiger partial charge is 0.330 e. The van der Waals surface area contributed by atoms with Gasteiger partial charge in [0, 0.05) is 12.2 Å². The first-order valence-electron chi connectivity index (χ1n) is 13.5. The molecular formula is C36H30O4. The monoisotopic (exact) mass is 526 g/mol. The fourth-order valence-electron chi connectivity index (χ4n) is 6.76. The zero-order valence-electron chi connectivity index (χ0n) is 22.3. The van der Waals surface area contributed by atoms with Gasteiger partial charge in [0.15, 0.2) is 0 Å². The second-order valence-electron chi connectivity index (χ2n) is 10.5. The molecule has 0 saturated heterocycles. The van der Waals surface area contributed by atoms with E-state index in [0.29, 0.717) is 12.8 Å². The second kappa shape index (κ2) is 10.1. The maximum atomic E-state index is 12.4. The van der Waals surface area contributed by atoms with Crippen LogP contribution in [0.25, 0.3) is 22.3 Å². The van der Waals surface area contributed by atoms with E-state index < -0.39 is 22.8 Å². The molecule has 0 radical (unpaired) electrons. The molecule has 0 heterocycles. The highest BCUT2D eigenvalue weighted by atomic mass is 16.5. The van der Waals surface area contributed by atoms with Gasteiger partial charge in [-0.2, -0.15) is 0 Å². The van der Waals surface area contributed by atoms with Crippen molar-refractivity contribution in [2.24, 2.45) is 0 Å². The van der Waals surface area contributed by atoms with Crippen molar-refractivity contribution in [2.45, 2.75) is 23.7 Å². The Labute approximate surface area is 234 Å². The van der Waals surface area contributed by atoms with Gasteiger partial charge in [-0.15, -0.1) is 0 Å². The number of fused-ring (bicyclic) bond motifs is 6. The van der Waals surface area contributed by atoms with Crippen LogP contribution in [-0.4, -0.2) is 25.2 Å². The minimum absolute atomic E-state index is 0.178. The number of carbonyl (C=O) groups is 2. The topological polar surface area (TPSA) is 52.6 Å². The molecule has 0 saturated carbocycles. The fraction of sp³-hybridized carbons (Fsp3) is 0.167. The van der Waals surface area contributed by atoms with Crippen molar-refractivity contribution in [3.05, 3.63) is 145 Å². The maximum absolute atomic E-state index is 12.4. The van der Waals surface area contributed by atoms with Gasteiger partial charge >= 0.3 is 11.9 Å². The van der Waals surface area contributed by atoms with Gasteiger partial charge in [0.05, 0.1) is 10.8 Å². The molecular weight excluding hydrogens is 496 g/mol. The van der Waals surface area contributed by atoms with E-state index in [9.17, 15) is 9.59 Å². The molecule has 4 aromatic carbocycles. The third-order valence-corrected chi connectivity index (χ3v) is 8.58. The van der Waals surface area contributed by atoms with Crippen LogP contribution < -0.4 is 0 Å². The fourth-order valence-corrected chi connectivity index (χ4v) is 6.76. The Morgan fingerprint density at radius 3 is 1.07 bits per heavy atom. The Bertz CT molecular complexity index is 1430. The van der Waals surface area contributed by atoms with E-state index in [1.807, 2.05) is 48.5 Å². The standard InChI is InChI=1S/C36H30O4/c1-3-33(37)39-23-35(29-17-9-5-13-25(29)26-14-6-10-18-30(26)35)21-22-36(24-40-34(38)4-2)31-19-11-7-15-27(31)28-16-8-12-20-32(28)36/h3-20H,1-2,21-24H2. The average Bonchev–Trinajstić information content (AvgIpc) is 3.46. The van der Waals surface area contributed by atoms with Crippen molar-refractivity contribution in [2.75, 3.05) is 13.2 Å². The van der Waals surface area contributed by atoms with E-state index >= 15 is 0 Å². The molecule has 0 bridgehead atoms. The molecule has 0 spiro atoms. The third kappa shape index (κ3) is 3.91. The van der Waals surface area contributed by atoms with Gasteiger partial charge in [-0.1, -0.05) is 110 Å². The van der Waals surface area contributed by atoms with Crippen LogP contribution >= 0.6 is 0 Å². The molecule has 198 valence electrons. The molecule has 2 aliphatic carbocycles. The molecule has 0 aliphatic heterocycles. The predicted octanol–water partition coefficient (Wildman–Crippen LogP) is 7.16. The summed E-state index contributed by atoms with van der Waals surface area (Å²) < 4.78 is 11.7. The number of carbonyl (C=O) groups excluding carboxylic acids is 2. The van der Waals surface area contributed by atoms with Crippen LogP contribution in [0.5, 0.6) is 0 Å². The SMILES string of the molecule is C=CC(=O)OCC1(CCC2(COC(=O)C=C)c3ccccc3-c3ccccc32)c2ccccc2-c2ccccc21. The van der Waals surface area contributed by atoms with Gasteiger partial charge in [-0.3, -0.25) is 0 Å². The van der Waals surface area contributed by atoms with Gasteiger partial charge in [-0.05, 0) is 57.3 Å². The number of benzene rings is 4. The molecule has 0 aromatic heterocycles. The van der Waals surface area contributed by atoms with Crippen LogP contribution in [0.4, 0.5) is 0 Å². The van der Waals surface area contributed by atoms with Gasteiger partial charge in [-0.25, -0.2) is 9.59 Å². The number of hydrogen-bond acceptors (Lipinski definition) is 4. The summed E-state index contributed by atoms with van der Waals surface area (Å²) in [4.78, 5) is 24.8. The van der Waals surface area contributed by atoms with Crippen molar-refractivity contribution in [1.29, 1.82) is 0 Å². The summed E-state index contributed by atoms with van der Waals surface area (Å²) in [5.41, 5.74) is 7.92. The van der Waals surface area contributed by atoms with Crippen LogP contribution in [0.3, 0.4) is 0 Å². The Balaban J connectivity index is 1.51. The van der Waals surface area contributed by atoms with Gasteiger partial charge in [0.2, 0.25) is 0 Å². The lowest BCUT2D eigenvalue weighted by molar-refractivity contribution is -0.140. The van der Waals surface area contributed by atoms with Crippen molar-refractivity contribution in [3.8, 4) is 22.3 Å². The van der Waals surface area contributed by atoms with Crippen LogP contribution in [0.2, 0.25) is 0 Å². The van der Waals surface area contributed by atoms with Crippen molar-refractivity contribution >= 4 is 11.9 Å². The molecule has 0 unspecified atom stereocenters. The average molecular weight is 527 g/mol. The molecule has 6 rings (SSSR count).